The molecule has 1 aliphatic carbocycles. The van der Waals surface area contributed by atoms with Gasteiger partial charge in [0.2, 0.25) is 11.8 Å². The first-order valence-corrected chi connectivity index (χ1v) is 8.53. The van der Waals surface area contributed by atoms with Crippen LogP contribution in [0.5, 0.6) is 0 Å². The molecule has 0 spiro atoms. The average Bonchev–Trinajstić information content (AvgIpc) is 3.39. The summed E-state index contributed by atoms with van der Waals surface area (Å²) in [7, 11) is 0. The van der Waals surface area contributed by atoms with E-state index in [0.29, 0.717) is 25.4 Å². The third kappa shape index (κ3) is 4.32. The Hall–Kier alpha value is -1.88. The first kappa shape index (κ1) is 16.0. The van der Waals surface area contributed by atoms with Crippen molar-refractivity contribution in [1.82, 2.24) is 4.90 Å². The molecule has 3 N–H and O–H groups in total. The zero-order chi connectivity index (χ0) is 16.2. The molecule has 2 fully saturated rings. The molecule has 124 valence electrons. The number of hydrogen-bond acceptors (Lipinski definition) is 3. The fraction of sp³-hybridized carbons (Fsp3) is 0.556. The second-order valence-electron chi connectivity index (χ2n) is 6.72. The smallest absolute Gasteiger partial charge is 0.229 e. The summed E-state index contributed by atoms with van der Waals surface area (Å²) in [4.78, 5) is 26.6. The Morgan fingerprint density at radius 3 is 2.83 bits per heavy atom. The van der Waals surface area contributed by atoms with Crippen LogP contribution in [0.25, 0.3) is 0 Å². The monoisotopic (exact) mass is 315 g/mol. The molecule has 1 aliphatic heterocycles. The van der Waals surface area contributed by atoms with E-state index in [0.717, 1.165) is 30.6 Å². The van der Waals surface area contributed by atoms with E-state index < -0.39 is 0 Å². The van der Waals surface area contributed by atoms with Gasteiger partial charge in [-0.3, -0.25) is 9.59 Å². The van der Waals surface area contributed by atoms with Crippen molar-refractivity contribution in [2.24, 2.45) is 17.6 Å². The van der Waals surface area contributed by atoms with E-state index in [-0.39, 0.29) is 17.7 Å². The second-order valence-corrected chi connectivity index (χ2v) is 6.72. The van der Waals surface area contributed by atoms with Crippen LogP contribution in [0.3, 0.4) is 0 Å². The summed E-state index contributed by atoms with van der Waals surface area (Å²) in [5, 5.41) is 2.97. The third-order valence-corrected chi connectivity index (χ3v) is 4.74. The summed E-state index contributed by atoms with van der Waals surface area (Å²) in [6.45, 7) is 1.79. The van der Waals surface area contributed by atoms with Crippen LogP contribution in [-0.4, -0.2) is 29.8 Å². The molecule has 1 saturated heterocycles. The van der Waals surface area contributed by atoms with Crippen molar-refractivity contribution in [1.29, 1.82) is 0 Å². The Kier molecular flexibility index (Phi) is 4.96. The van der Waals surface area contributed by atoms with Gasteiger partial charge in [-0.1, -0.05) is 12.1 Å². The molecule has 2 aliphatic rings. The minimum Gasteiger partial charge on any atom is -0.342 e. The van der Waals surface area contributed by atoms with Gasteiger partial charge in [-0.2, -0.15) is 0 Å². The number of carbonyl (C=O) groups is 2. The molecule has 5 nitrogen and oxygen atoms in total. The van der Waals surface area contributed by atoms with Crippen molar-refractivity contribution in [2.45, 2.75) is 38.6 Å². The highest BCUT2D eigenvalue weighted by molar-refractivity contribution is 5.93. The summed E-state index contributed by atoms with van der Waals surface area (Å²) >= 11 is 0. The number of carbonyl (C=O) groups excluding carboxylic acids is 2. The molecule has 5 heteroatoms. The van der Waals surface area contributed by atoms with Crippen LogP contribution in [0.15, 0.2) is 24.3 Å². The highest BCUT2D eigenvalue weighted by Crippen LogP contribution is 2.33. The maximum atomic E-state index is 12.5. The molecular weight excluding hydrogens is 290 g/mol. The maximum Gasteiger partial charge on any atom is 0.229 e. The molecule has 1 saturated carbocycles. The number of amides is 2. The number of benzene rings is 1. The molecule has 0 aromatic heterocycles. The van der Waals surface area contributed by atoms with E-state index in [1.54, 1.807) is 0 Å². The van der Waals surface area contributed by atoms with E-state index in [1.807, 2.05) is 29.2 Å². The van der Waals surface area contributed by atoms with Gasteiger partial charge in [0, 0.05) is 31.7 Å². The van der Waals surface area contributed by atoms with Crippen LogP contribution >= 0.6 is 0 Å². The first-order valence-electron chi connectivity index (χ1n) is 8.53. The van der Waals surface area contributed by atoms with Crippen molar-refractivity contribution < 1.29 is 9.59 Å². The highest BCUT2D eigenvalue weighted by atomic mass is 16.2. The number of piperidine rings is 1. The van der Waals surface area contributed by atoms with Gasteiger partial charge < -0.3 is 16.0 Å². The highest BCUT2D eigenvalue weighted by Gasteiger charge is 2.31. The van der Waals surface area contributed by atoms with Gasteiger partial charge in [0.1, 0.15) is 0 Å². The topological polar surface area (TPSA) is 75.4 Å². The van der Waals surface area contributed by atoms with Gasteiger partial charge in [0.15, 0.2) is 0 Å². The van der Waals surface area contributed by atoms with Crippen LogP contribution in [0, 0.1) is 11.8 Å². The summed E-state index contributed by atoms with van der Waals surface area (Å²) in [6.07, 6.45) is 4.77. The summed E-state index contributed by atoms with van der Waals surface area (Å²) in [6, 6.07) is 7.60. The molecule has 1 heterocycles. The Bertz CT molecular complexity index is 583. The van der Waals surface area contributed by atoms with Gasteiger partial charge >= 0.3 is 0 Å². The largest absolute Gasteiger partial charge is 0.342 e. The summed E-state index contributed by atoms with van der Waals surface area (Å²) in [5.74, 6) is 0.697. The van der Waals surface area contributed by atoms with E-state index in [1.165, 1.54) is 12.8 Å². The standard InChI is InChI=1S/C18H25N3O2/c19-11-14-3-1-5-16(9-14)20-18(23)15-4-2-8-21(12-15)17(22)10-13-6-7-13/h1,3,5,9,13,15H,2,4,6-8,10-12,19H2,(H,20,23)/t15-/m0/s1. The number of hydrogen-bond donors (Lipinski definition) is 2. The van der Waals surface area contributed by atoms with Gasteiger partial charge in [0.25, 0.3) is 0 Å². The molecule has 0 unspecified atom stereocenters. The fourth-order valence-electron chi connectivity index (χ4n) is 3.14. The Labute approximate surface area is 137 Å². The molecule has 1 aromatic carbocycles. The Balaban J connectivity index is 1.56. The van der Waals surface area contributed by atoms with Crippen LogP contribution in [-0.2, 0) is 16.1 Å². The lowest BCUT2D eigenvalue weighted by atomic mass is 9.96. The molecule has 1 atom stereocenters. The minimum absolute atomic E-state index is 0.00286. The summed E-state index contributed by atoms with van der Waals surface area (Å²) < 4.78 is 0. The second kappa shape index (κ2) is 7.13. The number of rotatable bonds is 5. The fourth-order valence-corrected chi connectivity index (χ4v) is 3.14. The predicted octanol–water partition coefficient (Wildman–Crippen LogP) is 2.12. The minimum atomic E-state index is -0.117. The average molecular weight is 315 g/mol. The number of anilines is 1. The molecular formula is C18H25N3O2. The summed E-state index contributed by atoms with van der Waals surface area (Å²) in [5.41, 5.74) is 7.40. The van der Waals surface area contributed by atoms with Crippen LogP contribution in [0.1, 0.15) is 37.7 Å². The third-order valence-electron chi connectivity index (χ3n) is 4.74. The SMILES string of the molecule is NCc1cccc(NC(=O)[C@H]2CCCN(C(=O)CC3CC3)C2)c1. The molecule has 1 aromatic rings. The van der Waals surface area contributed by atoms with Crippen molar-refractivity contribution >= 4 is 17.5 Å². The Morgan fingerprint density at radius 1 is 1.26 bits per heavy atom. The lowest BCUT2D eigenvalue weighted by Crippen LogP contribution is -2.43. The molecule has 0 radical (unpaired) electrons. The molecule has 0 bridgehead atoms. The lowest BCUT2D eigenvalue weighted by Gasteiger charge is -2.32. The van der Waals surface area contributed by atoms with Crippen LogP contribution < -0.4 is 11.1 Å². The van der Waals surface area contributed by atoms with Crippen LogP contribution in [0.2, 0.25) is 0 Å². The Morgan fingerprint density at radius 2 is 2.09 bits per heavy atom. The van der Waals surface area contributed by atoms with Gasteiger partial charge in [0.05, 0.1) is 5.92 Å². The number of likely N-dealkylation sites (tertiary alicyclic amines) is 1. The van der Waals surface area contributed by atoms with Crippen molar-refractivity contribution in [2.75, 3.05) is 18.4 Å². The number of nitrogens with two attached hydrogens (primary N) is 1. The van der Waals surface area contributed by atoms with E-state index >= 15 is 0 Å². The van der Waals surface area contributed by atoms with Gasteiger partial charge in [-0.15, -0.1) is 0 Å². The number of nitrogens with zero attached hydrogens (tertiary/aromatic N) is 1. The molecule has 2 amide bonds. The lowest BCUT2D eigenvalue weighted by molar-refractivity contribution is -0.134. The quantitative estimate of drug-likeness (QED) is 0.874. The first-order chi connectivity index (χ1) is 11.2. The predicted molar refractivity (Wildman–Crippen MR) is 89.6 cm³/mol. The maximum absolute atomic E-state index is 12.5. The van der Waals surface area contributed by atoms with Gasteiger partial charge in [-0.05, 0) is 49.3 Å². The normalized spacial score (nSPS) is 21.1. The van der Waals surface area contributed by atoms with E-state index in [4.69, 9.17) is 5.73 Å². The van der Waals surface area contributed by atoms with E-state index in [2.05, 4.69) is 5.32 Å². The van der Waals surface area contributed by atoms with Crippen molar-refractivity contribution in [3.05, 3.63) is 29.8 Å². The van der Waals surface area contributed by atoms with Crippen LogP contribution in [0.4, 0.5) is 5.69 Å². The van der Waals surface area contributed by atoms with Gasteiger partial charge in [-0.25, -0.2) is 0 Å². The number of nitrogens with one attached hydrogen (secondary N) is 1. The van der Waals surface area contributed by atoms with Crippen molar-refractivity contribution in [3.63, 3.8) is 0 Å². The molecule has 23 heavy (non-hydrogen) atoms. The molecule has 3 rings (SSSR count). The zero-order valence-corrected chi connectivity index (χ0v) is 13.5. The van der Waals surface area contributed by atoms with E-state index in [9.17, 15) is 9.59 Å². The zero-order valence-electron chi connectivity index (χ0n) is 13.5. The van der Waals surface area contributed by atoms with Crippen molar-refractivity contribution in [3.8, 4) is 0 Å².